The topological polar surface area (TPSA) is 55.7 Å². The lowest BCUT2D eigenvalue weighted by Crippen LogP contribution is -2.11. The lowest BCUT2D eigenvalue weighted by molar-refractivity contribution is 0.163. The number of aryl methyl sites for hydroxylation is 1. The number of aromatic amines is 1. The van der Waals surface area contributed by atoms with Crippen LogP contribution in [0.1, 0.15) is 38.6 Å². The second-order valence-electron chi connectivity index (χ2n) is 4.91. The van der Waals surface area contributed by atoms with Crippen LogP contribution >= 0.6 is 11.6 Å². The van der Waals surface area contributed by atoms with E-state index in [0.29, 0.717) is 17.5 Å². The zero-order chi connectivity index (χ0) is 14.5. The van der Waals surface area contributed by atoms with Crippen molar-refractivity contribution < 1.29 is 4.74 Å². The lowest BCUT2D eigenvalue weighted by Gasteiger charge is -2.14. The monoisotopic (exact) mass is 296 g/mol. The maximum absolute atomic E-state index is 6.27. The SMILES string of the molecule is CCCCc1nc(-c2nccn2[C@H](C)COC)c(Cl)[nH]1. The first-order chi connectivity index (χ1) is 9.67. The molecule has 2 aromatic rings. The van der Waals surface area contributed by atoms with E-state index in [1.54, 1.807) is 13.3 Å². The van der Waals surface area contributed by atoms with Crippen molar-refractivity contribution in [2.24, 2.45) is 0 Å². The molecule has 5 nitrogen and oxygen atoms in total. The van der Waals surface area contributed by atoms with Crippen LogP contribution in [0.15, 0.2) is 12.4 Å². The molecule has 0 aliphatic carbocycles. The van der Waals surface area contributed by atoms with E-state index in [-0.39, 0.29) is 6.04 Å². The average molecular weight is 297 g/mol. The third-order valence-corrected chi connectivity index (χ3v) is 3.51. The number of hydrogen-bond acceptors (Lipinski definition) is 3. The van der Waals surface area contributed by atoms with E-state index in [9.17, 15) is 0 Å². The van der Waals surface area contributed by atoms with Gasteiger partial charge in [-0.05, 0) is 13.3 Å². The van der Waals surface area contributed by atoms with Gasteiger partial charge < -0.3 is 14.3 Å². The molecular formula is C14H21ClN4O. The van der Waals surface area contributed by atoms with Crippen molar-refractivity contribution in [1.82, 2.24) is 19.5 Å². The Morgan fingerprint density at radius 2 is 2.30 bits per heavy atom. The highest BCUT2D eigenvalue weighted by atomic mass is 35.5. The Morgan fingerprint density at radius 3 is 3.00 bits per heavy atom. The molecule has 0 aromatic carbocycles. The summed E-state index contributed by atoms with van der Waals surface area (Å²) in [5.41, 5.74) is 0.714. The van der Waals surface area contributed by atoms with Gasteiger partial charge in [0.25, 0.3) is 0 Å². The summed E-state index contributed by atoms with van der Waals surface area (Å²) in [6.45, 7) is 4.85. The van der Waals surface area contributed by atoms with Crippen molar-refractivity contribution in [1.29, 1.82) is 0 Å². The Morgan fingerprint density at radius 1 is 1.50 bits per heavy atom. The summed E-state index contributed by atoms with van der Waals surface area (Å²) in [5, 5.41) is 0.549. The van der Waals surface area contributed by atoms with Gasteiger partial charge in [0, 0.05) is 25.9 Å². The highest BCUT2D eigenvalue weighted by molar-refractivity contribution is 6.31. The van der Waals surface area contributed by atoms with E-state index in [0.717, 1.165) is 30.9 Å². The largest absolute Gasteiger partial charge is 0.383 e. The fourth-order valence-electron chi connectivity index (χ4n) is 2.18. The van der Waals surface area contributed by atoms with Crippen molar-refractivity contribution in [2.75, 3.05) is 13.7 Å². The van der Waals surface area contributed by atoms with Crippen molar-refractivity contribution >= 4 is 11.6 Å². The summed E-state index contributed by atoms with van der Waals surface area (Å²) >= 11 is 6.27. The Bertz CT molecular complexity index is 549. The van der Waals surface area contributed by atoms with Crippen LogP contribution in [-0.2, 0) is 11.2 Å². The molecule has 1 atom stereocenters. The average Bonchev–Trinajstić information content (AvgIpc) is 3.02. The van der Waals surface area contributed by atoms with Gasteiger partial charge in [-0.25, -0.2) is 9.97 Å². The van der Waals surface area contributed by atoms with Gasteiger partial charge in [-0.2, -0.15) is 0 Å². The first kappa shape index (κ1) is 15.1. The number of methoxy groups -OCH3 is 1. The molecule has 0 spiro atoms. The van der Waals surface area contributed by atoms with Crippen LogP contribution in [0, 0.1) is 0 Å². The van der Waals surface area contributed by atoms with Crippen molar-refractivity contribution in [3.05, 3.63) is 23.4 Å². The quantitative estimate of drug-likeness (QED) is 0.851. The van der Waals surface area contributed by atoms with Crippen LogP contribution < -0.4 is 0 Å². The maximum Gasteiger partial charge on any atom is 0.162 e. The number of nitrogens with zero attached hydrogens (tertiary/aromatic N) is 3. The number of halogens is 1. The van der Waals surface area contributed by atoms with Crippen LogP contribution in [0.3, 0.4) is 0 Å². The molecule has 2 heterocycles. The predicted molar refractivity (Wildman–Crippen MR) is 80.0 cm³/mol. The molecule has 0 aliphatic heterocycles. The summed E-state index contributed by atoms with van der Waals surface area (Å²) in [6.07, 6.45) is 6.82. The van der Waals surface area contributed by atoms with Gasteiger partial charge in [-0.1, -0.05) is 24.9 Å². The molecule has 20 heavy (non-hydrogen) atoms. The minimum atomic E-state index is 0.185. The molecule has 0 saturated heterocycles. The van der Waals surface area contributed by atoms with Gasteiger partial charge in [0.1, 0.15) is 16.7 Å². The van der Waals surface area contributed by atoms with Crippen LogP contribution in [-0.4, -0.2) is 33.2 Å². The fraction of sp³-hybridized carbons (Fsp3) is 0.571. The molecule has 2 aromatic heterocycles. The van der Waals surface area contributed by atoms with Gasteiger partial charge in [0.15, 0.2) is 5.82 Å². The smallest absolute Gasteiger partial charge is 0.162 e. The minimum Gasteiger partial charge on any atom is -0.383 e. The minimum absolute atomic E-state index is 0.185. The van der Waals surface area contributed by atoms with Gasteiger partial charge in [0.05, 0.1) is 12.6 Å². The van der Waals surface area contributed by atoms with E-state index in [1.165, 1.54) is 0 Å². The lowest BCUT2D eigenvalue weighted by atomic mass is 10.2. The van der Waals surface area contributed by atoms with Gasteiger partial charge >= 0.3 is 0 Å². The Kier molecular flexibility index (Phi) is 5.20. The first-order valence-electron chi connectivity index (χ1n) is 6.93. The molecule has 0 saturated carbocycles. The third-order valence-electron chi connectivity index (χ3n) is 3.24. The molecule has 0 bridgehead atoms. The predicted octanol–water partition coefficient (Wildman–Crippen LogP) is 3.48. The maximum atomic E-state index is 6.27. The molecule has 0 fully saturated rings. The summed E-state index contributed by atoms with van der Waals surface area (Å²) < 4.78 is 7.23. The normalized spacial score (nSPS) is 12.8. The molecule has 1 N–H and O–H groups in total. The number of hydrogen-bond donors (Lipinski definition) is 1. The number of H-pyrrole nitrogens is 1. The number of rotatable bonds is 7. The summed E-state index contributed by atoms with van der Waals surface area (Å²) in [7, 11) is 1.69. The van der Waals surface area contributed by atoms with E-state index in [4.69, 9.17) is 16.3 Å². The molecule has 0 unspecified atom stereocenters. The standard InChI is InChI=1S/C14H21ClN4O/c1-4-5-6-11-17-12(13(15)18-11)14-16-7-8-19(14)10(2)9-20-3/h7-8,10H,4-6,9H2,1-3H3,(H,17,18)/t10-/m1/s1. The van der Waals surface area contributed by atoms with Gasteiger partial charge in [-0.3, -0.25) is 0 Å². The fourth-order valence-corrected chi connectivity index (χ4v) is 2.42. The van der Waals surface area contributed by atoms with Crippen molar-refractivity contribution in [2.45, 2.75) is 39.2 Å². The Hall–Kier alpha value is -1.33. The summed E-state index contributed by atoms with van der Waals surface area (Å²) in [4.78, 5) is 12.1. The zero-order valence-electron chi connectivity index (χ0n) is 12.2. The number of imidazole rings is 2. The molecule has 0 aliphatic rings. The summed E-state index contributed by atoms with van der Waals surface area (Å²) in [5.74, 6) is 1.69. The molecule has 0 amide bonds. The number of ether oxygens (including phenoxy) is 1. The first-order valence-corrected chi connectivity index (χ1v) is 7.31. The van der Waals surface area contributed by atoms with E-state index in [1.807, 2.05) is 10.8 Å². The Labute approximate surface area is 124 Å². The van der Waals surface area contributed by atoms with E-state index >= 15 is 0 Å². The van der Waals surface area contributed by atoms with Crippen LogP contribution in [0.5, 0.6) is 0 Å². The van der Waals surface area contributed by atoms with Gasteiger partial charge in [0.2, 0.25) is 0 Å². The van der Waals surface area contributed by atoms with Crippen LogP contribution in [0.25, 0.3) is 11.5 Å². The second kappa shape index (κ2) is 6.90. The highest BCUT2D eigenvalue weighted by Gasteiger charge is 2.18. The molecule has 110 valence electrons. The molecular weight excluding hydrogens is 276 g/mol. The van der Waals surface area contributed by atoms with Gasteiger partial charge in [-0.15, -0.1) is 0 Å². The van der Waals surface area contributed by atoms with Crippen molar-refractivity contribution in [3.8, 4) is 11.5 Å². The molecule has 6 heteroatoms. The molecule has 0 radical (unpaired) electrons. The molecule has 2 rings (SSSR count). The Balaban J connectivity index is 2.27. The zero-order valence-corrected chi connectivity index (χ0v) is 12.9. The summed E-state index contributed by atoms with van der Waals surface area (Å²) in [6, 6.07) is 0.185. The van der Waals surface area contributed by atoms with E-state index in [2.05, 4.69) is 28.8 Å². The second-order valence-corrected chi connectivity index (χ2v) is 5.29. The third kappa shape index (κ3) is 3.22. The van der Waals surface area contributed by atoms with E-state index < -0.39 is 0 Å². The highest BCUT2D eigenvalue weighted by Crippen LogP contribution is 2.26. The number of unbranched alkanes of at least 4 members (excludes halogenated alkanes) is 1. The van der Waals surface area contributed by atoms with Crippen LogP contribution in [0.4, 0.5) is 0 Å². The number of aromatic nitrogens is 4. The number of nitrogens with one attached hydrogen (secondary N) is 1. The van der Waals surface area contributed by atoms with Crippen molar-refractivity contribution in [3.63, 3.8) is 0 Å². The van der Waals surface area contributed by atoms with Crippen LogP contribution in [0.2, 0.25) is 5.15 Å².